The SMILES string of the molecule is CC(C)/C=C/C1(C)COC1. The van der Waals surface area contributed by atoms with Gasteiger partial charge in [-0.05, 0) is 5.92 Å². The van der Waals surface area contributed by atoms with Crippen LogP contribution in [-0.4, -0.2) is 13.2 Å². The normalized spacial score (nSPS) is 23.6. The average Bonchev–Trinajstić information content (AvgIpc) is 1.79. The van der Waals surface area contributed by atoms with Crippen molar-refractivity contribution in [1.29, 1.82) is 0 Å². The molecule has 1 rings (SSSR count). The van der Waals surface area contributed by atoms with Crippen molar-refractivity contribution in [3.8, 4) is 0 Å². The van der Waals surface area contributed by atoms with Crippen LogP contribution in [0.1, 0.15) is 20.8 Å². The summed E-state index contributed by atoms with van der Waals surface area (Å²) in [5, 5.41) is 0. The molecular formula is C9H16O. The van der Waals surface area contributed by atoms with Gasteiger partial charge in [-0.1, -0.05) is 32.9 Å². The van der Waals surface area contributed by atoms with Gasteiger partial charge in [0.15, 0.2) is 0 Å². The number of allylic oxidation sites excluding steroid dienone is 1. The summed E-state index contributed by atoms with van der Waals surface area (Å²) >= 11 is 0. The van der Waals surface area contributed by atoms with Crippen molar-refractivity contribution in [3.63, 3.8) is 0 Å². The number of hydrogen-bond acceptors (Lipinski definition) is 1. The van der Waals surface area contributed by atoms with Crippen LogP contribution in [0.25, 0.3) is 0 Å². The molecule has 0 N–H and O–H groups in total. The third-order valence-corrected chi connectivity index (χ3v) is 1.75. The van der Waals surface area contributed by atoms with Gasteiger partial charge < -0.3 is 4.74 Å². The van der Waals surface area contributed by atoms with Gasteiger partial charge in [-0.3, -0.25) is 0 Å². The van der Waals surface area contributed by atoms with Crippen molar-refractivity contribution < 1.29 is 4.74 Å². The lowest BCUT2D eigenvalue weighted by molar-refractivity contribution is -0.0710. The zero-order valence-corrected chi connectivity index (χ0v) is 7.05. The molecule has 0 aromatic heterocycles. The van der Waals surface area contributed by atoms with E-state index in [9.17, 15) is 0 Å². The quantitative estimate of drug-likeness (QED) is 0.534. The van der Waals surface area contributed by atoms with Gasteiger partial charge in [-0.2, -0.15) is 0 Å². The lowest BCUT2D eigenvalue weighted by Crippen LogP contribution is -2.37. The van der Waals surface area contributed by atoms with Crippen molar-refractivity contribution in [2.24, 2.45) is 11.3 Å². The van der Waals surface area contributed by atoms with Crippen LogP contribution in [-0.2, 0) is 4.74 Å². The van der Waals surface area contributed by atoms with Gasteiger partial charge in [0, 0.05) is 5.41 Å². The van der Waals surface area contributed by atoms with Crippen LogP contribution in [0.5, 0.6) is 0 Å². The number of rotatable bonds is 2. The highest BCUT2D eigenvalue weighted by molar-refractivity contribution is 5.02. The van der Waals surface area contributed by atoms with E-state index in [1.807, 2.05) is 0 Å². The Morgan fingerprint density at radius 3 is 2.30 bits per heavy atom. The second-order valence-corrected chi connectivity index (χ2v) is 3.75. The zero-order valence-electron chi connectivity index (χ0n) is 7.05. The molecule has 1 heterocycles. The molecule has 1 aliphatic heterocycles. The lowest BCUT2D eigenvalue weighted by Gasteiger charge is -2.35. The van der Waals surface area contributed by atoms with Crippen LogP contribution in [0.2, 0.25) is 0 Å². The van der Waals surface area contributed by atoms with Gasteiger partial charge in [-0.25, -0.2) is 0 Å². The first-order valence-corrected chi connectivity index (χ1v) is 3.89. The molecule has 0 radical (unpaired) electrons. The number of hydrogen-bond donors (Lipinski definition) is 0. The first-order valence-electron chi connectivity index (χ1n) is 3.89. The summed E-state index contributed by atoms with van der Waals surface area (Å²) in [5.74, 6) is 0.664. The Morgan fingerprint density at radius 2 is 2.00 bits per heavy atom. The van der Waals surface area contributed by atoms with Gasteiger partial charge in [0.25, 0.3) is 0 Å². The molecule has 0 saturated carbocycles. The predicted molar refractivity (Wildman–Crippen MR) is 42.9 cm³/mol. The fourth-order valence-electron chi connectivity index (χ4n) is 0.945. The average molecular weight is 140 g/mol. The Morgan fingerprint density at radius 1 is 1.40 bits per heavy atom. The lowest BCUT2D eigenvalue weighted by atomic mass is 9.87. The van der Waals surface area contributed by atoms with Crippen LogP contribution in [0, 0.1) is 11.3 Å². The highest BCUT2D eigenvalue weighted by atomic mass is 16.5. The predicted octanol–water partition coefficient (Wildman–Crippen LogP) is 2.24. The molecule has 1 aliphatic rings. The molecule has 1 heteroatoms. The van der Waals surface area contributed by atoms with E-state index < -0.39 is 0 Å². The van der Waals surface area contributed by atoms with E-state index in [4.69, 9.17) is 4.74 Å². The summed E-state index contributed by atoms with van der Waals surface area (Å²) in [6.07, 6.45) is 4.53. The molecule has 0 spiro atoms. The van der Waals surface area contributed by atoms with Crippen molar-refractivity contribution in [3.05, 3.63) is 12.2 Å². The van der Waals surface area contributed by atoms with Crippen molar-refractivity contribution in [1.82, 2.24) is 0 Å². The van der Waals surface area contributed by atoms with Crippen LogP contribution >= 0.6 is 0 Å². The third kappa shape index (κ3) is 1.84. The van der Waals surface area contributed by atoms with Crippen LogP contribution in [0.4, 0.5) is 0 Å². The Bertz CT molecular complexity index is 132. The van der Waals surface area contributed by atoms with Crippen LogP contribution < -0.4 is 0 Å². The summed E-state index contributed by atoms with van der Waals surface area (Å²) in [4.78, 5) is 0. The zero-order chi connectivity index (χ0) is 7.61. The minimum Gasteiger partial charge on any atom is -0.379 e. The molecule has 10 heavy (non-hydrogen) atoms. The Labute approximate surface area is 63.1 Å². The number of ether oxygens (including phenoxy) is 1. The maximum atomic E-state index is 5.12. The van der Waals surface area contributed by atoms with Gasteiger partial charge in [0.05, 0.1) is 13.2 Å². The van der Waals surface area contributed by atoms with E-state index in [1.54, 1.807) is 0 Å². The standard InChI is InChI=1S/C9H16O/c1-8(2)4-5-9(3)6-10-7-9/h4-5,8H,6-7H2,1-3H3/b5-4+. The summed E-state index contributed by atoms with van der Waals surface area (Å²) in [7, 11) is 0. The summed E-state index contributed by atoms with van der Waals surface area (Å²) in [6, 6.07) is 0. The Hall–Kier alpha value is -0.300. The molecule has 0 aromatic carbocycles. The van der Waals surface area contributed by atoms with Crippen molar-refractivity contribution >= 4 is 0 Å². The smallest absolute Gasteiger partial charge is 0.0576 e. The molecular weight excluding hydrogens is 124 g/mol. The maximum Gasteiger partial charge on any atom is 0.0576 e. The summed E-state index contributed by atoms with van der Waals surface area (Å²) in [5.41, 5.74) is 0.351. The minimum absolute atomic E-state index is 0.351. The highest BCUT2D eigenvalue weighted by Gasteiger charge is 2.29. The van der Waals surface area contributed by atoms with Crippen molar-refractivity contribution in [2.75, 3.05) is 13.2 Å². The van der Waals surface area contributed by atoms with E-state index in [0.717, 1.165) is 13.2 Å². The van der Waals surface area contributed by atoms with Gasteiger partial charge >= 0.3 is 0 Å². The fourth-order valence-corrected chi connectivity index (χ4v) is 0.945. The summed E-state index contributed by atoms with van der Waals surface area (Å²) < 4.78 is 5.12. The highest BCUT2D eigenvalue weighted by Crippen LogP contribution is 2.28. The molecule has 0 bridgehead atoms. The molecule has 0 aromatic rings. The topological polar surface area (TPSA) is 9.23 Å². The molecule has 0 unspecified atom stereocenters. The molecule has 0 amide bonds. The molecule has 1 nitrogen and oxygen atoms in total. The van der Waals surface area contributed by atoms with E-state index in [0.29, 0.717) is 11.3 Å². The molecule has 0 aliphatic carbocycles. The first-order chi connectivity index (χ1) is 4.62. The molecule has 1 saturated heterocycles. The first kappa shape index (κ1) is 7.80. The van der Waals surface area contributed by atoms with Crippen molar-refractivity contribution in [2.45, 2.75) is 20.8 Å². The van der Waals surface area contributed by atoms with E-state index in [1.165, 1.54) is 0 Å². The van der Waals surface area contributed by atoms with Gasteiger partial charge in [0.1, 0.15) is 0 Å². The van der Waals surface area contributed by atoms with Crippen LogP contribution in [0.15, 0.2) is 12.2 Å². The van der Waals surface area contributed by atoms with Gasteiger partial charge in [-0.15, -0.1) is 0 Å². The molecule has 0 atom stereocenters. The maximum absolute atomic E-state index is 5.12. The third-order valence-electron chi connectivity index (χ3n) is 1.75. The minimum atomic E-state index is 0.351. The fraction of sp³-hybridized carbons (Fsp3) is 0.778. The summed E-state index contributed by atoms with van der Waals surface area (Å²) in [6.45, 7) is 8.42. The molecule has 1 fully saturated rings. The second kappa shape index (κ2) is 2.75. The Balaban J connectivity index is 2.36. The van der Waals surface area contributed by atoms with Crippen LogP contribution in [0.3, 0.4) is 0 Å². The Kier molecular flexibility index (Phi) is 2.14. The second-order valence-electron chi connectivity index (χ2n) is 3.75. The molecule has 58 valence electrons. The van der Waals surface area contributed by atoms with Gasteiger partial charge in [0.2, 0.25) is 0 Å². The van der Waals surface area contributed by atoms with E-state index >= 15 is 0 Å². The monoisotopic (exact) mass is 140 g/mol. The van der Waals surface area contributed by atoms with E-state index in [-0.39, 0.29) is 0 Å². The van der Waals surface area contributed by atoms with E-state index in [2.05, 4.69) is 32.9 Å². The largest absolute Gasteiger partial charge is 0.379 e.